The van der Waals surface area contributed by atoms with Crippen molar-refractivity contribution in [2.24, 2.45) is 7.05 Å². The van der Waals surface area contributed by atoms with E-state index < -0.39 is 0 Å². The Bertz CT molecular complexity index is 579. The number of aryl methyl sites for hydroxylation is 1. The maximum Gasteiger partial charge on any atom is 0.231 e. The summed E-state index contributed by atoms with van der Waals surface area (Å²) in [6, 6.07) is 0.305. The van der Waals surface area contributed by atoms with Gasteiger partial charge in [-0.25, -0.2) is 0 Å². The van der Waals surface area contributed by atoms with Gasteiger partial charge in [0.15, 0.2) is 0 Å². The molecule has 2 heterocycles. The maximum absolute atomic E-state index is 12.5. The number of carbonyl (C=O) groups excluding carboxylic acids is 2. The molecule has 0 radical (unpaired) electrons. The summed E-state index contributed by atoms with van der Waals surface area (Å²) < 4.78 is 6.68. The number of ether oxygens (including phenoxy) is 1. The highest BCUT2D eigenvalue weighted by Crippen LogP contribution is 2.29. The van der Waals surface area contributed by atoms with E-state index in [0.29, 0.717) is 32.2 Å². The minimum atomic E-state index is -0.378. The highest BCUT2D eigenvalue weighted by molar-refractivity contribution is 5.86. The van der Waals surface area contributed by atoms with Gasteiger partial charge in [-0.15, -0.1) is 0 Å². The van der Waals surface area contributed by atoms with E-state index in [1.807, 2.05) is 13.2 Å². The van der Waals surface area contributed by atoms with E-state index in [2.05, 4.69) is 10.4 Å². The number of nitrogens with zero attached hydrogens (tertiary/aromatic N) is 3. The van der Waals surface area contributed by atoms with Crippen LogP contribution in [-0.4, -0.2) is 52.8 Å². The summed E-state index contributed by atoms with van der Waals surface area (Å²) in [5.41, 5.74) is 1.76. The van der Waals surface area contributed by atoms with Crippen molar-refractivity contribution in [3.8, 4) is 0 Å². The van der Waals surface area contributed by atoms with Crippen molar-refractivity contribution in [2.45, 2.75) is 37.8 Å². The van der Waals surface area contributed by atoms with E-state index in [0.717, 1.165) is 24.1 Å². The van der Waals surface area contributed by atoms with Gasteiger partial charge in [0, 0.05) is 45.0 Å². The summed E-state index contributed by atoms with van der Waals surface area (Å²) in [7, 11) is 3.42. The van der Waals surface area contributed by atoms with Crippen LogP contribution in [0.5, 0.6) is 0 Å². The van der Waals surface area contributed by atoms with Gasteiger partial charge in [-0.1, -0.05) is 0 Å². The van der Waals surface area contributed by atoms with Gasteiger partial charge in [0.1, 0.15) is 0 Å². The number of hydrogen-bond acceptors (Lipinski definition) is 4. The summed E-state index contributed by atoms with van der Waals surface area (Å²) in [5, 5.41) is 7.46. The Labute approximate surface area is 129 Å². The van der Waals surface area contributed by atoms with Gasteiger partial charge in [-0.2, -0.15) is 5.10 Å². The van der Waals surface area contributed by atoms with Gasteiger partial charge in [-0.05, 0) is 12.8 Å². The van der Waals surface area contributed by atoms with E-state index >= 15 is 0 Å². The molecule has 22 heavy (non-hydrogen) atoms. The fourth-order valence-electron chi connectivity index (χ4n) is 2.82. The van der Waals surface area contributed by atoms with Crippen LogP contribution in [0.4, 0.5) is 0 Å². The topological polar surface area (TPSA) is 76.5 Å². The SMILES string of the molecule is COCCC(=O)N1Cc2cn(C)nc2[C@H](C(=O)NC2CC2)C1. The second-order valence-corrected chi connectivity index (χ2v) is 6.07. The standard InChI is InChI=1S/C15H22N4O3/c1-18-7-10-8-19(13(20)5-6-22-2)9-12(14(10)17-18)15(21)16-11-3-4-11/h7,11-12H,3-6,8-9H2,1-2H3,(H,16,21)/t12-/m1/s1. The lowest BCUT2D eigenvalue weighted by atomic mass is 9.95. The first kappa shape index (κ1) is 15.0. The monoisotopic (exact) mass is 306 g/mol. The first-order valence-electron chi connectivity index (χ1n) is 7.68. The predicted octanol–water partition coefficient (Wildman–Crippen LogP) is 0.161. The Kier molecular flexibility index (Phi) is 4.15. The summed E-state index contributed by atoms with van der Waals surface area (Å²) in [4.78, 5) is 26.5. The van der Waals surface area contributed by atoms with Crippen molar-refractivity contribution < 1.29 is 14.3 Å². The lowest BCUT2D eigenvalue weighted by molar-refractivity contribution is -0.134. The van der Waals surface area contributed by atoms with E-state index in [1.54, 1.807) is 16.7 Å². The largest absolute Gasteiger partial charge is 0.384 e. The molecule has 1 aliphatic heterocycles. The molecule has 1 aliphatic carbocycles. The molecule has 2 amide bonds. The molecule has 1 fully saturated rings. The van der Waals surface area contributed by atoms with Crippen LogP contribution in [0.3, 0.4) is 0 Å². The Morgan fingerprint density at radius 2 is 2.23 bits per heavy atom. The number of nitrogens with one attached hydrogen (secondary N) is 1. The van der Waals surface area contributed by atoms with Gasteiger partial charge >= 0.3 is 0 Å². The molecule has 3 rings (SSSR count). The highest BCUT2D eigenvalue weighted by atomic mass is 16.5. The molecule has 0 saturated heterocycles. The smallest absolute Gasteiger partial charge is 0.231 e. The van der Waals surface area contributed by atoms with Gasteiger partial charge in [0.05, 0.1) is 24.6 Å². The molecule has 1 N–H and O–H groups in total. The Morgan fingerprint density at radius 3 is 2.91 bits per heavy atom. The zero-order chi connectivity index (χ0) is 15.7. The molecule has 1 saturated carbocycles. The zero-order valence-electron chi connectivity index (χ0n) is 13.0. The van der Waals surface area contributed by atoms with Crippen LogP contribution in [-0.2, 0) is 27.9 Å². The van der Waals surface area contributed by atoms with Crippen molar-refractivity contribution in [1.82, 2.24) is 20.0 Å². The van der Waals surface area contributed by atoms with Gasteiger partial charge in [0.2, 0.25) is 11.8 Å². The fourth-order valence-corrected chi connectivity index (χ4v) is 2.82. The molecule has 1 aromatic heterocycles. The van der Waals surface area contributed by atoms with Crippen LogP contribution in [0.2, 0.25) is 0 Å². The zero-order valence-corrected chi connectivity index (χ0v) is 13.0. The first-order chi connectivity index (χ1) is 10.6. The Hall–Kier alpha value is -1.89. The number of hydrogen-bond donors (Lipinski definition) is 1. The van der Waals surface area contributed by atoms with Gasteiger partial charge < -0.3 is 15.0 Å². The molecule has 1 aromatic rings. The molecule has 7 nitrogen and oxygen atoms in total. The third-order valence-electron chi connectivity index (χ3n) is 4.14. The van der Waals surface area contributed by atoms with E-state index in [9.17, 15) is 9.59 Å². The molecule has 120 valence electrons. The van der Waals surface area contributed by atoms with Crippen LogP contribution >= 0.6 is 0 Å². The van der Waals surface area contributed by atoms with Crippen molar-refractivity contribution in [3.63, 3.8) is 0 Å². The fraction of sp³-hybridized carbons (Fsp3) is 0.667. The normalized spacial score (nSPS) is 20.6. The first-order valence-corrected chi connectivity index (χ1v) is 7.68. The van der Waals surface area contributed by atoms with Crippen LogP contribution < -0.4 is 5.32 Å². The summed E-state index contributed by atoms with van der Waals surface area (Å²) in [6.45, 7) is 1.30. The van der Waals surface area contributed by atoms with Crippen molar-refractivity contribution >= 4 is 11.8 Å². The van der Waals surface area contributed by atoms with E-state index in [-0.39, 0.29) is 17.7 Å². The summed E-state index contributed by atoms with van der Waals surface area (Å²) in [6.07, 6.45) is 4.32. The molecule has 7 heteroatoms. The minimum Gasteiger partial charge on any atom is -0.384 e. The summed E-state index contributed by atoms with van der Waals surface area (Å²) in [5.74, 6) is -0.385. The van der Waals surface area contributed by atoms with Gasteiger partial charge in [0.25, 0.3) is 0 Å². The number of rotatable bonds is 5. The number of methoxy groups -OCH3 is 1. The van der Waals surface area contributed by atoms with Crippen molar-refractivity contribution in [2.75, 3.05) is 20.3 Å². The number of amides is 2. The minimum absolute atomic E-state index is 0.0144. The number of carbonyl (C=O) groups is 2. The molecule has 0 bridgehead atoms. The third-order valence-corrected chi connectivity index (χ3v) is 4.14. The maximum atomic E-state index is 12.5. The third kappa shape index (κ3) is 3.14. The van der Waals surface area contributed by atoms with Gasteiger partial charge in [-0.3, -0.25) is 14.3 Å². The molecular formula is C15H22N4O3. The Morgan fingerprint density at radius 1 is 1.45 bits per heavy atom. The van der Waals surface area contributed by atoms with Crippen molar-refractivity contribution in [1.29, 1.82) is 0 Å². The van der Waals surface area contributed by atoms with Crippen LogP contribution in [0, 0.1) is 0 Å². The van der Waals surface area contributed by atoms with Crippen molar-refractivity contribution in [3.05, 3.63) is 17.5 Å². The van der Waals surface area contributed by atoms with E-state index in [4.69, 9.17) is 4.74 Å². The second-order valence-electron chi connectivity index (χ2n) is 6.07. The molecular weight excluding hydrogens is 284 g/mol. The quantitative estimate of drug-likeness (QED) is 0.841. The Balaban J connectivity index is 1.77. The highest BCUT2D eigenvalue weighted by Gasteiger charge is 2.36. The van der Waals surface area contributed by atoms with Crippen LogP contribution in [0.15, 0.2) is 6.20 Å². The summed E-state index contributed by atoms with van der Waals surface area (Å²) >= 11 is 0. The molecule has 0 unspecified atom stereocenters. The average Bonchev–Trinajstić information content (AvgIpc) is 3.21. The number of aromatic nitrogens is 2. The predicted molar refractivity (Wildman–Crippen MR) is 79.0 cm³/mol. The average molecular weight is 306 g/mol. The molecule has 0 spiro atoms. The van der Waals surface area contributed by atoms with Crippen LogP contribution in [0.1, 0.15) is 36.4 Å². The lowest BCUT2D eigenvalue weighted by Crippen LogP contribution is -2.44. The molecule has 0 aromatic carbocycles. The lowest BCUT2D eigenvalue weighted by Gasteiger charge is -2.31. The molecule has 1 atom stereocenters. The second kappa shape index (κ2) is 6.08. The van der Waals surface area contributed by atoms with E-state index in [1.165, 1.54) is 0 Å². The number of fused-ring (bicyclic) bond motifs is 1. The van der Waals surface area contributed by atoms with Crippen LogP contribution in [0.25, 0.3) is 0 Å². The molecule has 2 aliphatic rings.